The third-order valence-corrected chi connectivity index (χ3v) is 4.58. The van der Waals surface area contributed by atoms with Gasteiger partial charge in [0.1, 0.15) is 0 Å². The molecule has 0 aromatic heterocycles. The minimum absolute atomic E-state index is 0.900. The molecule has 4 rings (SSSR count). The van der Waals surface area contributed by atoms with Crippen LogP contribution in [0.25, 0.3) is 0 Å². The molecule has 0 spiro atoms. The molecule has 3 aromatic carbocycles. The summed E-state index contributed by atoms with van der Waals surface area (Å²) in [6, 6.07) is 25.0. The van der Waals surface area contributed by atoms with Crippen molar-refractivity contribution in [2.75, 3.05) is 19.0 Å². The molecule has 0 radical (unpaired) electrons. The van der Waals surface area contributed by atoms with Crippen molar-refractivity contribution in [2.24, 2.45) is 9.98 Å². The van der Waals surface area contributed by atoms with Gasteiger partial charge in [-0.3, -0.25) is 9.98 Å². The summed E-state index contributed by atoms with van der Waals surface area (Å²) < 4.78 is 0. The van der Waals surface area contributed by atoms with Gasteiger partial charge in [-0.2, -0.15) is 0 Å². The van der Waals surface area contributed by atoms with E-state index < -0.39 is 0 Å². The zero-order valence-corrected chi connectivity index (χ0v) is 21.1. The van der Waals surface area contributed by atoms with E-state index in [1.165, 1.54) is 11.3 Å². The second kappa shape index (κ2) is 14.7. The molecule has 32 heavy (non-hydrogen) atoms. The molecule has 0 N–H and O–H groups in total. The molecule has 0 saturated heterocycles. The van der Waals surface area contributed by atoms with Crippen molar-refractivity contribution >= 4 is 29.0 Å². The van der Waals surface area contributed by atoms with Crippen LogP contribution in [0.2, 0.25) is 0 Å². The Labute approximate surface area is 195 Å². The van der Waals surface area contributed by atoms with Crippen molar-refractivity contribution in [3.63, 3.8) is 0 Å². The molecule has 1 aliphatic rings. The first-order valence-electron chi connectivity index (χ1n) is 11.8. The van der Waals surface area contributed by atoms with Crippen LogP contribution in [0, 0.1) is 0 Å². The third-order valence-electron chi connectivity index (χ3n) is 4.58. The van der Waals surface area contributed by atoms with Gasteiger partial charge in [-0.25, -0.2) is 0 Å². The topological polar surface area (TPSA) is 28.0 Å². The minimum Gasteiger partial charge on any atom is -0.378 e. The second-order valence-corrected chi connectivity index (χ2v) is 6.66. The van der Waals surface area contributed by atoms with Crippen LogP contribution in [0.15, 0.2) is 82.8 Å². The van der Waals surface area contributed by atoms with Gasteiger partial charge in [0.15, 0.2) is 0 Å². The molecule has 1 heterocycles. The highest BCUT2D eigenvalue weighted by molar-refractivity contribution is 6.06. The summed E-state index contributed by atoms with van der Waals surface area (Å²) in [4.78, 5) is 11.4. The fraction of sp³-hybridized carbons (Fsp3) is 0.310. The van der Waals surface area contributed by atoms with E-state index in [1.807, 2.05) is 80.1 Å². The first-order valence-corrected chi connectivity index (χ1v) is 11.8. The highest BCUT2D eigenvalue weighted by Crippen LogP contribution is 2.28. The first-order chi connectivity index (χ1) is 15.7. The van der Waals surface area contributed by atoms with Crippen LogP contribution in [0.3, 0.4) is 0 Å². The lowest BCUT2D eigenvalue weighted by Crippen LogP contribution is -2.08. The molecule has 0 amide bonds. The van der Waals surface area contributed by atoms with E-state index in [-0.39, 0.29) is 0 Å². The SMILES string of the molecule is CC.CC.CC.CN(C)c1ccc(C=Nc2ccc(C3=Nc4ccccc4C3)cc2)cc1. The maximum absolute atomic E-state index is 4.74. The summed E-state index contributed by atoms with van der Waals surface area (Å²) in [5, 5.41) is 0. The highest BCUT2D eigenvalue weighted by Gasteiger charge is 2.14. The number of hydrogen-bond donors (Lipinski definition) is 0. The Morgan fingerprint density at radius 1 is 0.750 bits per heavy atom. The summed E-state index contributed by atoms with van der Waals surface area (Å²) >= 11 is 0. The predicted octanol–water partition coefficient (Wildman–Crippen LogP) is 8.26. The smallest absolute Gasteiger partial charge is 0.0669 e. The van der Waals surface area contributed by atoms with E-state index in [0.717, 1.165) is 34.6 Å². The van der Waals surface area contributed by atoms with Gasteiger partial charge in [0, 0.05) is 32.4 Å². The average molecular weight is 430 g/mol. The monoisotopic (exact) mass is 429 g/mol. The van der Waals surface area contributed by atoms with Gasteiger partial charge in [-0.15, -0.1) is 0 Å². The largest absolute Gasteiger partial charge is 0.378 e. The zero-order chi connectivity index (χ0) is 23.9. The van der Waals surface area contributed by atoms with Crippen molar-refractivity contribution in [2.45, 2.75) is 48.0 Å². The molecule has 3 heteroatoms. The summed E-state index contributed by atoms with van der Waals surface area (Å²) in [6.07, 6.45) is 2.80. The van der Waals surface area contributed by atoms with Gasteiger partial charge < -0.3 is 4.90 Å². The van der Waals surface area contributed by atoms with E-state index >= 15 is 0 Å². The first kappa shape index (κ1) is 26.8. The molecule has 3 nitrogen and oxygen atoms in total. The van der Waals surface area contributed by atoms with Gasteiger partial charge in [0.2, 0.25) is 0 Å². The van der Waals surface area contributed by atoms with E-state index in [1.54, 1.807) is 0 Å². The van der Waals surface area contributed by atoms with Crippen molar-refractivity contribution in [1.29, 1.82) is 0 Å². The molecule has 0 bridgehead atoms. The van der Waals surface area contributed by atoms with Crippen molar-refractivity contribution in [3.8, 4) is 0 Å². The fourth-order valence-electron chi connectivity index (χ4n) is 3.05. The molecule has 1 aliphatic heterocycles. The van der Waals surface area contributed by atoms with Gasteiger partial charge in [-0.1, -0.05) is 84.0 Å². The number of fused-ring (bicyclic) bond motifs is 1. The van der Waals surface area contributed by atoms with Crippen LogP contribution in [-0.2, 0) is 6.42 Å². The van der Waals surface area contributed by atoms with Gasteiger partial charge in [0.05, 0.1) is 17.1 Å². The molecular formula is C29H39N3. The molecule has 170 valence electrons. The van der Waals surface area contributed by atoms with E-state index in [9.17, 15) is 0 Å². The second-order valence-electron chi connectivity index (χ2n) is 6.66. The minimum atomic E-state index is 0.900. The lowest BCUT2D eigenvalue weighted by Gasteiger charge is -2.11. The Morgan fingerprint density at radius 3 is 1.91 bits per heavy atom. The van der Waals surface area contributed by atoms with E-state index in [2.05, 4.69) is 64.5 Å². The van der Waals surface area contributed by atoms with E-state index in [0.29, 0.717) is 0 Å². The zero-order valence-electron chi connectivity index (χ0n) is 21.1. The molecule has 0 unspecified atom stereocenters. The van der Waals surface area contributed by atoms with Crippen molar-refractivity contribution < 1.29 is 0 Å². The number of nitrogens with zero attached hydrogens (tertiary/aromatic N) is 3. The normalized spacial score (nSPS) is 11.1. The Bertz CT molecular complexity index is 966. The molecule has 0 saturated carbocycles. The Kier molecular flexibility index (Phi) is 12.4. The number of para-hydroxylation sites is 1. The lowest BCUT2D eigenvalue weighted by atomic mass is 10.0. The number of aliphatic imine (C=N–C) groups is 2. The lowest BCUT2D eigenvalue weighted by molar-refractivity contribution is 1.13. The number of hydrogen-bond acceptors (Lipinski definition) is 3. The van der Waals surface area contributed by atoms with Crippen molar-refractivity contribution in [1.82, 2.24) is 0 Å². The summed E-state index contributed by atoms with van der Waals surface area (Å²) in [7, 11) is 4.08. The Balaban J connectivity index is 0.000000789. The summed E-state index contributed by atoms with van der Waals surface area (Å²) in [5.74, 6) is 0. The summed E-state index contributed by atoms with van der Waals surface area (Å²) in [5.41, 5.74) is 7.90. The molecule has 3 aromatic rings. The van der Waals surface area contributed by atoms with Crippen LogP contribution in [0.4, 0.5) is 17.1 Å². The van der Waals surface area contributed by atoms with Gasteiger partial charge >= 0.3 is 0 Å². The maximum atomic E-state index is 4.74. The molecular weight excluding hydrogens is 390 g/mol. The van der Waals surface area contributed by atoms with Crippen molar-refractivity contribution in [3.05, 3.63) is 89.5 Å². The number of benzene rings is 3. The van der Waals surface area contributed by atoms with Crippen LogP contribution >= 0.6 is 0 Å². The Hall–Kier alpha value is -3.20. The van der Waals surface area contributed by atoms with Crippen LogP contribution in [-0.4, -0.2) is 26.0 Å². The highest BCUT2D eigenvalue weighted by atomic mass is 15.1. The number of rotatable bonds is 4. The summed E-state index contributed by atoms with van der Waals surface area (Å²) in [6.45, 7) is 12.0. The van der Waals surface area contributed by atoms with E-state index in [4.69, 9.17) is 4.99 Å². The predicted molar refractivity (Wildman–Crippen MR) is 145 cm³/mol. The van der Waals surface area contributed by atoms with Gasteiger partial charge in [0.25, 0.3) is 0 Å². The van der Waals surface area contributed by atoms with Gasteiger partial charge in [-0.05, 0) is 47.0 Å². The van der Waals surface area contributed by atoms with Crippen LogP contribution in [0.5, 0.6) is 0 Å². The quantitative estimate of drug-likeness (QED) is 0.384. The molecule has 0 aliphatic carbocycles. The van der Waals surface area contributed by atoms with Crippen LogP contribution in [0.1, 0.15) is 58.2 Å². The average Bonchev–Trinajstić information content (AvgIpc) is 3.31. The standard InChI is InChI=1S/C23H21N3.3C2H6/c1-26(2)21-13-7-17(8-14-21)16-24-20-11-9-18(10-12-20)23-15-19-5-3-4-6-22(19)25-23;3*1-2/h3-14,16H,15H2,1-2H3;3*1-2H3. The third kappa shape index (κ3) is 7.49. The molecule has 0 atom stereocenters. The maximum Gasteiger partial charge on any atom is 0.0669 e. The van der Waals surface area contributed by atoms with Crippen LogP contribution < -0.4 is 4.90 Å². The molecule has 0 fully saturated rings. The Morgan fingerprint density at radius 2 is 1.34 bits per heavy atom. The number of anilines is 1. The fourth-order valence-corrected chi connectivity index (χ4v) is 3.05.